The first kappa shape index (κ1) is 85.1. The Morgan fingerprint density at radius 1 is 0.917 bits per heavy atom. The second-order valence-electron chi connectivity index (χ2n) is 1.42. The molecule has 0 saturated heterocycles. The molecule has 12 heteroatoms. The Balaban J connectivity index is -0.00000000703. The van der Waals surface area contributed by atoms with Gasteiger partial charge in [-0.25, -0.2) is 0 Å². The van der Waals surface area contributed by atoms with Crippen LogP contribution in [0.5, 0.6) is 0 Å². The van der Waals surface area contributed by atoms with Gasteiger partial charge in [0.15, 0.2) is 0 Å². The smallest absolute Gasteiger partial charge is 0.665 e. The minimum Gasteiger partial charge on any atom is -0.665 e. The first-order chi connectivity index (χ1) is 7.71. The Kier molecular flexibility index (Phi) is 448. The summed E-state index contributed by atoms with van der Waals surface area (Å²) < 4.78 is 24.1. The molecule has 0 aliphatic heterocycles. The van der Waals surface area contributed by atoms with Gasteiger partial charge >= 0.3 is 62.2 Å². The van der Waals surface area contributed by atoms with Gasteiger partial charge < -0.3 is 44.2 Å². The van der Waals surface area contributed by atoms with Gasteiger partial charge in [-0.1, -0.05) is 36.2 Å². The molecule has 0 aliphatic carbocycles. The van der Waals surface area contributed by atoms with Crippen LogP contribution < -0.4 is 0 Å². The molecule has 0 bridgehead atoms. The second-order valence-corrected chi connectivity index (χ2v) is 1.85. The molecule has 0 aromatic heterocycles. The topological polar surface area (TPSA) is 143 Å². The summed E-state index contributed by atoms with van der Waals surface area (Å²) in [5, 5.41) is 6.76. The summed E-state index contributed by atoms with van der Waals surface area (Å²) in [5.41, 5.74) is 0. The average molecular weight is 993 g/mol. The van der Waals surface area contributed by atoms with Crippen molar-refractivity contribution in [3.8, 4) is 0 Å². The summed E-state index contributed by atoms with van der Waals surface area (Å²) in [4.78, 5) is 34.9. The number of carbonyl (C=O) groups excluding carboxylic acids is 3. The van der Waals surface area contributed by atoms with Crippen molar-refractivity contribution >= 4 is 35.8 Å². The zero-order valence-electron chi connectivity index (χ0n) is 10.9. The van der Waals surface area contributed by atoms with Crippen LogP contribution >= 0.6 is 0 Å². The van der Waals surface area contributed by atoms with Crippen molar-refractivity contribution in [1.29, 1.82) is 0 Å². The van der Waals surface area contributed by atoms with Gasteiger partial charge in [-0.3, -0.25) is 12.6 Å². The second kappa shape index (κ2) is 126. The van der Waals surface area contributed by atoms with Crippen LogP contribution in [0.3, 0.4) is 0 Å². The Morgan fingerprint density at radius 3 is 0.917 bits per heavy atom. The van der Waals surface area contributed by atoms with E-state index in [1.807, 2.05) is 0 Å². The fourth-order valence-corrected chi connectivity index (χ4v) is 0. The van der Waals surface area contributed by atoms with Crippen molar-refractivity contribution in [1.82, 2.24) is 0 Å². The summed E-state index contributed by atoms with van der Waals surface area (Å²) in [6, 6.07) is 0. The van der Waals surface area contributed by atoms with Crippen LogP contribution in [0.1, 0.15) is 50.5 Å². The van der Waals surface area contributed by atoms with Crippen LogP contribution in [0, 0.1) is 69.2 Å². The van der Waals surface area contributed by atoms with E-state index < -0.39 is 11.0 Å². The Morgan fingerprint density at radius 2 is 0.917 bits per heavy atom. The predicted octanol–water partition coefficient (Wildman–Crippen LogP) is 2.56. The SMILES string of the molecule is C.C.C.C.C[C-]=O.C[C-]=O.O=[C-]O.O=[S-](=O)O.[CH2-]C(C)=O.[U+2].[U+2].[W]. The quantitative estimate of drug-likeness (QED) is 0.164. The van der Waals surface area contributed by atoms with Crippen LogP contribution in [0.25, 0.3) is 0 Å². The third kappa shape index (κ3) is 10100. The van der Waals surface area contributed by atoms with E-state index in [-0.39, 0.29) is 119 Å². The van der Waals surface area contributed by atoms with Crippen molar-refractivity contribution in [3.05, 3.63) is 6.92 Å². The van der Waals surface area contributed by atoms with Crippen LogP contribution in [-0.4, -0.2) is 34.5 Å². The van der Waals surface area contributed by atoms with Gasteiger partial charge in [-0.2, -0.15) is 13.8 Å². The molecule has 24 heavy (non-hydrogen) atoms. The first-order valence-electron chi connectivity index (χ1n) is 3.41. The van der Waals surface area contributed by atoms with Crippen molar-refractivity contribution in [2.75, 3.05) is 0 Å². The minimum absolute atomic E-state index is 0. The molecule has 8 nitrogen and oxygen atoms in total. The molecule has 0 amide bonds. The maximum atomic E-state index is 9.33. The van der Waals surface area contributed by atoms with Crippen molar-refractivity contribution in [2.45, 2.75) is 50.5 Å². The van der Waals surface area contributed by atoms with Crippen LogP contribution in [0.2, 0.25) is 0 Å². The van der Waals surface area contributed by atoms with Crippen LogP contribution in [-0.2, 0) is 59.6 Å². The van der Waals surface area contributed by atoms with Crippen molar-refractivity contribution < 1.29 is 121 Å². The maximum absolute atomic E-state index is 9.33. The summed E-state index contributed by atoms with van der Waals surface area (Å²) in [5.74, 6) is -0.0833. The van der Waals surface area contributed by atoms with Gasteiger partial charge in [0.25, 0.3) is 0 Å². The zero-order valence-corrected chi connectivity index (χ0v) is 22.9. The van der Waals surface area contributed by atoms with Crippen LogP contribution in [0.15, 0.2) is 0 Å². The van der Waals surface area contributed by atoms with Crippen molar-refractivity contribution in [3.63, 3.8) is 0 Å². The largest absolute Gasteiger partial charge is 2.00 e. The number of carbonyl (C=O) groups is 1. The molecule has 0 radical (unpaired) electrons. The summed E-state index contributed by atoms with van der Waals surface area (Å²) in [6.45, 7) is 7.56. The molecule has 0 aromatic carbocycles. The number of hydrogen-bond donors (Lipinski definition) is 2. The van der Waals surface area contributed by atoms with E-state index in [4.69, 9.17) is 32.5 Å². The molecule has 0 atom stereocenters. The maximum Gasteiger partial charge on any atom is 2.00 e. The monoisotopic (exact) mass is 993 g/mol. The predicted molar refractivity (Wildman–Crippen MR) is 85.4 cm³/mol. The zero-order chi connectivity index (χ0) is 15.3. The third-order valence-corrected chi connectivity index (χ3v) is 0. The molecule has 2 N–H and O–H groups in total. The summed E-state index contributed by atoms with van der Waals surface area (Å²) in [7, 11) is -2.86. The van der Waals surface area contributed by atoms with Gasteiger partial charge in [0.05, 0.1) is 0 Å². The molecule has 0 fully saturated rings. The number of Topliss-reactive ketones (excluding diaryl/α,β-unsaturated/α-hetero) is 1. The van der Waals surface area contributed by atoms with Crippen molar-refractivity contribution in [2.24, 2.45) is 0 Å². The molecule has 0 unspecified atom stereocenters. The van der Waals surface area contributed by atoms with E-state index in [1.54, 1.807) is 0 Å². The van der Waals surface area contributed by atoms with Gasteiger partial charge in [0, 0.05) is 32.1 Å². The molecule has 0 aromatic rings. The van der Waals surface area contributed by atoms with Gasteiger partial charge in [-0.05, 0) is 12.7 Å². The average Bonchev–Trinajstić information content (AvgIpc) is 2.03. The minimum atomic E-state index is -2.86. The number of aliphatic hydroxyl groups excluding tert-OH is 1. The third-order valence-electron chi connectivity index (χ3n) is 0. The van der Waals surface area contributed by atoms with Gasteiger partial charge in [0.1, 0.15) is 0 Å². The number of rotatable bonds is 0. The molecular weight excluding hydrogens is 964 g/mol. The van der Waals surface area contributed by atoms with Crippen LogP contribution in [0.4, 0.5) is 0 Å². The summed E-state index contributed by atoms with van der Waals surface area (Å²) >= 11 is 0. The molecule has 0 saturated carbocycles. The van der Waals surface area contributed by atoms with E-state index in [0.717, 1.165) is 0 Å². The normalized spacial score (nSPS) is 4.04. The Hall–Kier alpha value is 1.05. The number of ketones is 1. The van der Waals surface area contributed by atoms with E-state index in [0.29, 0.717) is 6.47 Å². The van der Waals surface area contributed by atoms with Gasteiger partial charge in [0.2, 0.25) is 0 Å². The fraction of sp³-hybridized carbons (Fsp3) is 0.583. The molecule has 0 heterocycles. The number of hydrogen-bond acceptors (Lipinski definition) is 7. The van der Waals surface area contributed by atoms with E-state index >= 15 is 0 Å². The molecule has 0 aliphatic rings. The van der Waals surface area contributed by atoms with E-state index in [2.05, 4.69) is 6.92 Å². The standard InChI is InChI=1S/C3H5O.2C2H3O.CHO2.4CH4.HO3S.2U.W/c1-3(2)4;2*1-2-3;2-1-3;;;;;1-4(2)3;;;/h1H2,2H3;2*1H3;(H,2,3);4*1H4;(H,1,2,3);;;/q4*-1;;;;;-1;2*+2;. The van der Waals surface area contributed by atoms with E-state index in [1.165, 1.54) is 33.3 Å². The first-order valence-corrected chi connectivity index (χ1v) is 4.44. The molecule has 0 spiro atoms. The summed E-state index contributed by atoms with van der Waals surface area (Å²) in [6.07, 6.45) is 3.00. The molecule has 0 rings (SSSR count). The van der Waals surface area contributed by atoms with Gasteiger partial charge in [-0.15, -0.1) is 0 Å². The molecular formula is C12H29O8SU2W-. The Labute approximate surface area is 211 Å². The fourth-order valence-electron chi connectivity index (χ4n) is 0. The molecule has 146 valence electrons. The Bertz CT molecular complexity index is 227. The van der Waals surface area contributed by atoms with E-state index in [9.17, 15) is 4.79 Å².